The predicted octanol–water partition coefficient (Wildman–Crippen LogP) is 4.28. The van der Waals surface area contributed by atoms with Crippen molar-refractivity contribution >= 4 is 6.08 Å². The molecule has 0 unspecified atom stereocenters. The van der Waals surface area contributed by atoms with E-state index in [1.54, 1.807) is 0 Å². The molecule has 0 heterocycles. The van der Waals surface area contributed by atoms with Gasteiger partial charge in [0.15, 0.2) is 0 Å². The highest BCUT2D eigenvalue weighted by Gasteiger charge is 1.92. The number of unbranched alkanes of at least 4 members (excludes halogenated alkanes) is 1. The molecule has 0 aromatic heterocycles. The second-order valence-electron chi connectivity index (χ2n) is 3.63. The lowest BCUT2D eigenvalue weighted by atomic mass is 10.1. The van der Waals surface area contributed by atoms with E-state index in [9.17, 15) is 0 Å². The Kier molecular flexibility index (Phi) is 4.18. The maximum atomic E-state index is 3.70. The first-order valence-corrected chi connectivity index (χ1v) is 5.08. The lowest BCUT2D eigenvalue weighted by molar-refractivity contribution is 1.06. The van der Waals surface area contributed by atoms with Crippen molar-refractivity contribution in [2.24, 2.45) is 0 Å². The summed E-state index contributed by atoms with van der Waals surface area (Å²) in [4.78, 5) is 0. The number of hydrogen-bond acceptors (Lipinski definition) is 0. The van der Waals surface area contributed by atoms with Crippen LogP contribution in [-0.4, -0.2) is 0 Å². The summed E-state index contributed by atoms with van der Waals surface area (Å²) in [6.45, 7) is 7.98. The molecule has 0 bridgehead atoms. The van der Waals surface area contributed by atoms with Crippen LogP contribution in [0, 0.1) is 13.8 Å². The van der Waals surface area contributed by atoms with Crippen LogP contribution in [0.3, 0.4) is 0 Å². The molecule has 0 aliphatic heterocycles. The molecule has 0 heteroatoms. The van der Waals surface area contributed by atoms with Crippen LogP contribution in [0.4, 0.5) is 0 Å². The molecule has 0 radical (unpaired) electrons. The fourth-order valence-electron chi connectivity index (χ4n) is 1.44. The smallest absolute Gasteiger partial charge is 0.0230 e. The molecule has 1 aromatic rings. The highest BCUT2D eigenvalue weighted by molar-refractivity contribution is 5.54. The Balaban J connectivity index is 2.67. The van der Waals surface area contributed by atoms with E-state index in [0.717, 1.165) is 12.8 Å². The van der Waals surface area contributed by atoms with Gasteiger partial charge in [-0.05, 0) is 37.8 Å². The molecular formula is C14H18. The van der Waals surface area contributed by atoms with Gasteiger partial charge in [0, 0.05) is 0 Å². The second-order valence-corrected chi connectivity index (χ2v) is 3.63. The van der Waals surface area contributed by atoms with Crippen LogP contribution >= 0.6 is 0 Å². The van der Waals surface area contributed by atoms with Gasteiger partial charge in [0.2, 0.25) is 0 Å². The third-order valence-corrected chi connectivity index (χ3v) is 2.26. The Labute approximate surface area is 87.0 Å². The standard InChI is InChI=1S/C14H18/c1-4-5-6-7-8-14-10-9-12(2)11-13(14)3/h4,7-11H,1,5-6H2,2-3H3/b8-7+. The fraction of sp³-hybridized carbons (Fsp3) is 0.286. The molecule has 0 saturated carbocycles. The van der Waals surface area contributed by atoms with Gasteiger partial charge in [-0.3, -0.25) is 0 Å². The number of allylic oxidation sites excluding steroid dienone is 2. The van der Waals surface area contributed by atoms with Crippen LogP contribution in [0.15, 0.2) is 36.9 Å². The first kappa shape index (κ1) is 10.8. The molecule has 14 heavy (non-hydrogen) atoms. The average Bonchev–Trinajstić information content (AvgIpc) is 2.15. The van der Waals surface area contributed by atoms with E-state index in [-0.39, 0.29) is 0 Å². The molecule has 0 spiro atoms. The zero-order valence-corrected chi connectivity index (χ0v) is 9.09. The average molecular weight is 186 g/mol. The lowest BCUT2D eigenvalue weighted by Crippen LogP contribution is -1.81. The summed E-state index contributed by atoms with van der Waals surface area (Å²) in [6.07, 6.45) is 8.49. The van der Waals surface area contributed by atoms with Gasteiger partial charge in [-0.15, -0.1) is 6.58 Å². The molecule has 0 fully saturated rings. The van der Waals surface area contributed by atoms with Crippen LogP contribution < -0.4 is 0 Å². The minimum absolute atomic E-state index is 1.06. The number of benzene rings is 1. The van der Waals surface area contributed by atoms with Crippen LogP contribution in [0.2, 0.25) is 0 Å². The molecule has 0 saturated heterocycles. The predicted molar refractivity (Wildman–Crippen MR) is 64.4 cm³/mol. The Bertz CT molecular complexity index is 332. The quantitative estimate of drug-likeness (QED) is 0.486. The van der Waals surface area contributed by atoms with E-state index < -0.39 is 0 Å². The maximum absolute atomic E-state index is 3.70. The van der Waals surface area contributed by atoms with Gasteiger partial charge in [0.05, 0.1) is 0 Å². The Hall–Kier alpha value is -1.30. The summed E-state index contributed by atoms with van der Waals surface area (Å²) >= 11 is 0. The Morgan fingerprint density at radius 1 is 1.21 bits per heavy atom. The van der Waals surface area contributed by atoms with Crippen molar-refractivity contribution in [3.63, 3.8) is 0 Å². The first-order valence-electron chi connectivity index (χ1n) is 5.08. The monoisotopic (exact) mass is 186 g/mol. The number of hydrogen-bond donors (Lipinski definition) is 0. The van der Waals surface area contributed by atoms with Gasteiger partial charge in [0.25, 0.3) is 0 Å². The zero-order chi connectivity index (χ0) is 10.4. The first-order chi connectivity index (χ1) is 6.74. The van der Waals surface area contributed by atoms with E-state index >= 15 is 0 Å². The summed E-state index contributed by atoms with van der Waals surface area (Å²) in [6, 6.07) is 6.54. The molecule has 0 amide bonds. The third kappa shape index (κ3) is 3.21. The molecule has 0 N–H and O–H groups in total. The normalized spacial score (nSPS) is 10.7. The van der Waals surface area contributed by atoms with Crippen molar-refractivity contribution in [1.29, 1.82) is 0 Å². The summed E-state index contributed by atoms with van der Waals surface area (Å²) in [7, 11) is 0. The van der Waals surface area contributed by atoms with Crippen LogP contribution in [0.25, 0.3) is 6.08 Å². The van der Waals surface area contributed by atoms with E-state index in [1.807, 2.05) is 6.08 Å². The molecular weight excluding hydrogens is 168 g/mol. The number of rotatable bonds is 4. The van der Waals surface area contributed by atoms with Crippen molar-refractivity contribution in [1.82, 2.24) is 0 Å². The summed E-state index contributed by atoms with van der Waals surface area (Å²) in [5, 5.41) is 0. The van der Waals surface area contributed by atoms with Crippen molar-refractivity contribution in [2.45, 2.75) is 26.7 Å². The molecule has 0 aliphatic rings. The Morgan fingerprint density at radius 3 is 2.64 bits per heavy atom. The fourth-order valence-corrected chi connectivity index (χ4v) is 1.44. The topological polar surface area (TPSA) is 0 Å². The number of aryl methyl sites for hydroxylation is 2. The molecule has 0 nitrogen and oxygen atoms in total. The second kappa shape index (κ2) is 5.43. The SMILES string of the molecule is C=CCC/C=C/c1ccc(C)cc1C. The minimum Gasteiger partial charge on any atom is -0.103 e. The van der Waals surface area contributed by atoms with Gasteiger partial charge >= 0.3 is 0 Å². The molecule has 1 aromatic carbocycles. The molecule has 0 atom stereocenters. The highest BCUT2D eigenvalue weighted by atomic mass is 14.0. The third-order valence-electron chi connectivity index (χ3n) is 2.26. The minimum atomic E-state index is 1.06. The van der Waals surface area contributed by atoms with Gasteiger partial charge in [0.1, 0.15) is 0 Å². The van der Waals surface area contributed by atoms with E-state index in [4.69, 9.17) is 0 Å². The van der Waals surface area contributed by atoms with Crippen LogP contribution in [0.1, 0.15) is 29.5 Å². The van der Waals surface area contributed by atoms with Gasteiger partial charge < -0.3 is 0 Å². The van der Waals surface area contributed by atoms with E-state index in [0.29, 0.717) is 0 Å². The molecule has 0 aliphatic carbocycles. The van der Waals surface area contributed by atoms with Crippen LogP contribution in [0.5, 0.6) is 0 Å². The lowest BCUT2D eigenvalue weighted by Gasteiger charge is -2.01. The molecule has 74 valence electrons. The Morgan fingerprint density at radius 2 is 2.00 bits per heavy atom. The van der Waals surface area contributed by atoms with Gasteiger partial charge in [-0.2, -0.15) is 0 Å². The van der Waals surface area contributed by atoms with E-state index in [2.05, 4.69) is 50.8 Å². The van der Waals surface area contributed by atoms with Crippen molar-refractivity contribution in [3.8, 4) is 0 Å². The van der Waals surface area contributed by atoms with Crippen molar-refractivity contribution < 1.29 is 0 Å². The zero-order valence-electron chi connectivity index (χ0n) is 9.09. The van der Waals surface area contributed by atoms with Crippen molar-refractivity contribution in [3.05, 3.63) is 53.6 Å². The summed E-state index contributed by atoms with van der Waals surface area (Å²) in [5.41, 5.74) is 3.99. The van der Waals surface area contributed by atoms with Gasteiger partial charge in [-0.25, -0.2) is 0 Å². The van der Waals surface area contributed by atoms with Crippen molar-refractivity contribution in [2.75, 3.05) is 0 Å². The largest absolute Gasteiger partial charge is 0.103 e. The summed E-state index contributed by atoms with van der Waals surface area (Å²) in [5.74, 6) is 0. The maximum Gasteiger partial charge on any atom is -0.0230 e. The van der Waals surface area contributed by atoms with Crippen LogP contribution in [-0.2, 0) is 0 Å². The van der Waals surface area contributed by atoms with E-state index in [1.165, 1.54) is 16.7 Å². The van der Waals surface area contributed by atoms with Gasteiger partial charge in [-0.1, -0.05) is 42.0 Å². The molecule has 1 rings (SSSR count). The summed E-state index contributed by atoms with van der Waals surface area (Å²) < 4.78 is 0. The highest BCUT2D eigenvalue weighted by Crippen LogP contribution is 2.12.